The standard InChI is InChI=1S/C23H21N3O3S/c1-30(28,29)26-11-10-18-6-8-20(13-22(18)26)25-15-24-21-9-7-19(12-23(21)25)17-4-2-16(14-27)3-5-17/h2-9,12-13,15,27H,10-11,14H2,1H3. The fourth-order valence-corrected chi connectivity index (χ4v) is 4.98. The number of aromatic nitrogens is 2. The number of imidazole rings is 1. The van der Waals surface area contributed by atoms with Gasteiger partial charge in [0.05, 0.1) is 29.6 Å². The predicted molar refractivity (Wildman–Crippen MR) is 118 cm³/mol. The van der Waals surface area contributed by atoms with Crippen LogP contribution >= 0.6 is 0 Å². The maximum atomic E-state index is 12.1. The van der Waals surface area contributed by atoms with Crippen molar-refractivity contribution >= 4 is 26.7 Å². The molecule has 0 radical (unpaired) electrons. The Labute approximate surface area is 175 Å². The van der Waals surface area contributed by atoms with E-state index in [1.807, 2.05) is 59.2 Å². The maximum absolute atomic E-state index is 12.1. The summed E-state index contributed by atoms with van der Waals surface area (Å²) in [5, 5.41) is 9.26. The molecule has 1 aliphatic heterocycles. The number of sulfonamides is 1. The zero-order chi connectivity index (χ0) is 20.9. The van der Waals surface area contributed by atoms with E-state index in [0.29, 0.717) is 6.54 Å². The molecule has 1 aliphatic rings. The second-order valence-corrected chi connectivity index (χ2v) is 9.48. The molecule has 0 fully saturated rings. The van der Waals surface area contributed by atoms with Crippen LogP contribution in [0.2, 0.25) is 0 Å². The highest BCUT2D eigenvalue weighted by molar-refractivity contribution is 7.92. The number of aliphatic hydroxyl groups excluding tert-OH is 1. The number of nitrogens with zero attached hydrogens (tertiary/aromatic N) is 3. The highest BCUT2D eigenvalue weighted by Gasteiger charge is 2.26. The minimum atomic E-state index is -3.30. The Hall–Kier alpha value is -3.16. The monoisotopic (exact) mass is 419 g/mol. The molecule has 4 aromatic rings. The Balaban J connectivity index is 1.60. The van der Waals surface area contributed by atoms with E-state index in [-0.39, 0.29) is 6.61 Å². The lowest BCUT2D eigenvalue weighted by atomic mass is 10.0. The van der Waals surface area contributed by atoms with Crippen molar-refractivity contribution < 1.29 is 13.5 Å². The summed E-state index contributed by atoms with van der Waals surface area (Å²) in [5.41, 5.74) is 7.45. The van der Waals surface area contributed by atoms with E-state index in [2.05, 4.69) is 11.1 Å². The average molecular weight is 420 g/mol. The average Bonchev–Trinajstić information content (AvgIpc) is 3.36. The molecular formula is C23H21N3O3S. The summed E-state index contributed by atoms with van der Waals surface area (Å²) in [6, 6.07) is 19.8. The lowest BCUT2D eigenvalue weighted by Gasteiger charge is -2.17. The zero-order valence-corrected chi connectivity index (χ0v) is 17.3. The largest absolute Gasteiger partial charge is 0.392 e. The third kappa shape index (κ3) is 3.16. The van der Waals surface area contributed by atoms with Crippen LogP contribution in [0.3, 0.4) is 0 Å². The second-order valence-electron chi connectivity index (χ2n) is 7.57. The van der Waals surface area contributed by atoms with Gasteiger partial charge in [-0.3, -0.25) is 8.87 Å². The van der Waals surface area contributed by atoms with Gasteiger partial charge in [-0.05, 0) is 52.9 Å². The molecule has 152 valence electrons. The molecule has 0 spiro atoms. The number of hydrogen-bond acceptors (Lipinski definition) is 4. The number of fused-ring (bicyclic) bond motifs is 2. The topological polar surface area (TPSA) is 75.4 Å². The Morgan fingerprint density at radius 1 is 1.00 bits per heavy atom. The number of hydrogen-bond donors (Lipinski definition) is 1. The zero-order valence-electron chi connectivity index (χ0n) is 16.5. The molecule has 0 amide bonds. The summed E-state index contributed by atoms with van der Waals surface area (Å²) < 4.78 is 27.7. The summed E-state index contributed by atoms with van der Waals surface area (Å²) in [6.45, 7) is 0.505. The molecule has 1 aromatic heterocycles. The van der Waals surface area contributed by atoms with E-state index >= 15 is 0 Å². The summed E-state index contributed by atoms with van der Waals surface area (Å²) in [5.74, 6) is 0. The molecule has 1 N–H and O–H groups in total. The molecule has 30 heavy (non-hydrogen) atoms. The highest BCUT2D eigenvalue weighted by Crippen LogP contribution is 2.33. The molecule has 2 heterocycles. The fourth-order valence-electron chi connectivity index (χ4n) is 4.03. The van der Waals surface area contributed by atoms with Crippen molar-refractivity contribution in [2.45, 2.75) is 13.0 Å². The van der Waals surface area contributed by atoms with Crippen LogP contribution < -0.4 is 4.31 Å². The Kier molecular flexibility index (Phi) is 4.38. The number of rotatable bonds is 4. The smallest absolute Gasteiger partial charge is 0.232 e. The molecule has 6 nitrogen and oxygen atoms in total. The van der Waals surface area contributed by atoms with Gasteiger partial charge in [0.2, 0.25) is 10.0 Å². The lowest BCUT2D eigenvalue weighted by Crippen LogP contribution is -2.27. The molecule has 0 atom stereocenters. The first-order chi connectivity index (χ1) is 14.4. The molecule has 0 bridgehead atoms. The first kappa shape index (κ1) is 18.8. The third-order valence-electron chi connectivity index (χ3n) is 5.62. The Morgan fingerprint density at radius 2 is 1.77 bits per heavy atom. The fraction of sp³-hybridized carbons (Fsp3) is 0.174. The molecule has 3 aromatic carbocycles. The van der Waals surface area contributed by atoms with Crippen molar-refractivity contribution in [3.05, 3.63) is 78.1 Å². The maximum Gasteiger partial charge on any atom is 0.232 e. The summed E-state index contributed by atoms with van der Waals surface area (Å²) >= 11 is 0. The van der Waals surface area contributed by atoms with Gasteiger partial charge in [0, 0.05) is 12.2 Å². The van der Waals surface area contributed by atoms with E-state index < -0.39 is 10.0 Å². The highest BCUT2D eigenvalue weighted by atomic mass is 32.2. The molecule has 0 saturated heterocycles. The van der Waals surface area contributed by atoms with Gasteiger partial charge in [0.25, 0.3) is 0 Å². The van der Waals surface area contributed by atoms with Gasteiger partial charge in [0.1, 0.15) is 6.33 Å². The van der Waals surface area contributed by atoms with Gasteiger partial charge in [-0.25, -0.2) is 13.4 Å². The second kappa shape index (κ2) is 6.97. The Bertz CT molecular complexity index is 1360. The molecule has 5 rings (SSSR count). The van der Waals surface area contributed by atoms with Crippen LogP contribution in [0.1, 0.15) is 11.1 Å². The van der Waals surface area contributed by atoms with E-state index in [1.54, 1.807) is 6.33 Å². The molecule has 0 unspecified atom stereocenters. The van der Waals surface area contributed by atoms with Crippen LogP contribution in [-0.4, -0.2) is 35.9 Å². The van der Waals surface area contributed by atoms with Crippen LogP contribution in [0.25, 0.3) is 27.8 Å². The summed E-state index contributed by atoms with van der Waals surface area (Å²) in [7, 11) is -3.30. The predicted octanol–water partition coefficient (Wildman–Crippen LogP) is 3.51. The molecule has 0 saturated carbocycles. The van der Waals surface area contributed by atoms with E-state index in [1.165, 1.54) is 10.6 Å². The van der Waals surface area contributed by atoms with Crippen molar-refractivity contribution in [2.75, 3.05) is 17.1 Å². The van der Waals surface area contributed by atoms with E-state index in [0.717, 1.165) is 51.1 Å². The van der Waals surface area contributed by atoms with Crippen molar-refractivity contribution in [1.29, 1.82) is 0 Å². The normalized spacial score (nSPS) is 13.7. The molecule has 7 heteroatoms. The van der Waals surface area contributed by atoms with Crippen LogP contribution in [0.15, 0.2) is 67.0 Å². The minimum absolute atomic E-state index is 0.0227. The number of benzene rings is 3. The quantitative estimate of drug-likeness (QED) is 0.549. The van der Waals surface area contributed by atoms with Crippen molar-refractivity contribution in [1.82, 2.24) is 9.55 Å². The summed E-state index contributed by atoms with van der Waals surface area (Å²) in [4.78, 5) is 4.52. The van der Waals surface area contributed by atoms with Crippen molar-refractivity contribution in [2.24, 2.45) is 0 Å². The van der Waals surface area contributed by atoms with Gasteiger partial charge in [0.15, 0.2) is 0 Å². The van der Waals surface area contributed by atoms with Crippen LogP contribution in [0.5, 0.6) is 0 Å². The summed E-state index contributed by atoms with van der Waals surface area (Å²) in [6.07, 6.45) is 3.74. The van der Waals surface area contributed by atoms with Gasteiger partial charge < -0.3 is 5.11 Å². The van der Waals surface area contributed by atoms with Crippen molar-refractivity contribution in [3.63, 3.8) is 0 Å². The van der Waals surface area contributed by atoms with Crippen LogP contribution in [0.4, 0.5) is 5.69 Å². The first-order valence-corrected chi connectivity index (χ1v) is 11.6. The molecule has 0 aliphatic carbocycles. The van der Waals surface area contributed by atoms with Crippen LogP contribution in [0, 0.1) is 0 Å². The van der Waals surface area contributed by atoms with Gasteiger partial charge >= 0.3 is 0 Å². The van der Waals surface area contributed by atoms with Crippen molar-refractivity contribution in [3.8, 4) is 16.8 Å². The minimum Gasteiger partial charge on any atom is -0.392 e. The van der Waals surface area contributed by atoms with Gasteiger partial charge in [-0.15, -0.1) is 0 Å². The van der Waals surface area contributed by atoms with Crippen LogP contribution in [-0.2, 0) is 23.1 Å². The molecular weight excluding hydrogens is 398 g/mol. The van der Waals surface area contributed by atoms with E-state index in [4.69, 9.17) is 0 Å². The SMILES string of the molecule is CS(=O)(=O)N1CCc2ccc(-n3cnc4ccc(-c5ccc(CO)cc5)cc43)cc21. The Morgan fingerprint density at radius 3 is 2.50 bits per heavy atom. The van der Waals surface area contributed by atoms with Gasteiger partial charge in [-0.1, -0.05) is 36.4 Å². The number of aliphatic hydroxyl groups is 1. The number of anilines is 1. The first-order valence-electron chi connectivity index (χ1n) is 9.72. The third-order valence-corrected chi connectivity index (χ3v) is 6.80. The van der Waals surface area contributed by atoms with Gasteiger partial charge in [-0.2, -0.15) is 0 Å². The van der Waals surface area contributed by atoms with E-state index in [9.17, 15) is 13.5 Å². The lowest BCUT2D eigenvalue weighted by molar-refractivity contribution is 0.282.